The van der Waals surface area contributed by atoms with Crippen molar-refractivity contribution >= 4 is 12.0 Å². The molecule has 0 aromatic heterocycles. The zero-order chi connectivity index (χ0) is 12.8. The van der Waals surface area contributed by atoms with E-state index in [1.807, 2.05) is 0 Å². The summed E-state index contributed by atoms with van der Waals surface area (Å²) in [6.07, 6.45) is -0.167. The second kappa shape index (κ2) is 6.32. The molecule has 0 aliphatic carbocycles. The van der Waals surface area contributed by atoms with Crippen LogP contribution in [0.2, 0.25) is 0 Å². The van der Waals surface area contributed by atoms with Gasteiger partial charge in [0.15, 0.2) is 0 Å². The van der Waals surface area contributed by atoms with E-state index < -0.39 is 23.6 Å². The maximum absolute atomic E-state index is 11.4. The molecule has 16 heavy (non-hydrogen) atoms. The summed E-state index contributed by atoms with van der Waals surface area (Å²) in [4.78, 5) is 27.2. The fourth-order valence-electron chi connectivity index (χ4n) is 0.975. The lowest BCUT2D eigenvalue weighted by molar-refractivity contribution is -0.133. The monoisotopic (exact) mass is 232 g/mol. The molecule has 94 valence electrons. The second-order valence-corrected chi connectivity index (χ2v) is 4.28. The molecule has 2 amide bonds. The fraction of sp³-hybridized carbons (Fsp3) is 0.800. The van der Waals surface area contributed by atoms with Gasteiger partial charge < -0.3 is 10.1 Å². The van der Waals surface area contributed by atoms with Crippen molar-refractivity contribution < 1.29 is 19.2 Å². The van der Waals surface area contributed by atoms with E-state index in [0.29, 0.717) is 6.42 Å². The van der Waals surface area contributed by atoms with Crippen LogP contribution in [0.25, 0.3) is 0 Å². The molecule has 0 saturated carbocycles. The summed E-state index contributed by atoms with van der Waals surface area (Å²) in [5.41, 5.74) is 1.57. The van der Waals surface area contributed by atoms with E-state index >= 15 is 0 Å². The van der Waals surface area contributed by atoms with Crippen molar-refractivity contribution in [2.24, 2.45) is 0 Å². The van der Waals surface area contributed by atoms with Gasteiger partial charge in [-0.15, -0.1) is 0 Å². The first-order chi connectivity index (χ1) is 7.30. The highest BCUT2D eigenvalue weighted by Crippen LogP contribution is 2.07. The third-order valence-electron chi connectivity index (χ3n) is 1.62. The Kier molecular flexibility index (Phi) is 5.81. The lowest BCUT2D eigenvalue weighted by atomic mass is 10.2. The van der Waals surface area contributed by atoms with Crippen LogP contribution in [0.4, 0.5) is 4.79 Å². The number of nitrogens with one attached hydrogen (secondary N) is 2. The molecule has 0 aromatic rings. The molecule has 1 unspecified atom stereocenters. The molecule has 0 aliphatic heterocycles. The quantitative estimate of drug-likeness (QED) is 0.708. The molecule has 6 nitrogen and oxygen atoms in total. The molecular formula is C10H20N2O4. The van der Waals surface area contributed by atoms with E-state index in [1.165, 1.54) is 7.11 Å². The average Bonchev–Trinajstić information content (AvgIpc) is 2.11. The summed E-state index contributed by atoms with van der Waals surface area (Å²) in [6.45, 7) is 7.03. The van der Waals surface area contributed by atoms with E-state index in [0.717, 1.165) is 0 Å². The van der Waals surface area contributed by atoms with Gasteiger partial charge in [-0.3, -0.25) is 9.63 Å². The molecule has 0 radical (unpaired) electrons. The molecule has 1 atom stereocenters. The van der Waals surface area contributed by atoms with Crippen molar-refractivity contribution in [1.29, 1.82) is 0 Å². The third kappa shape index (κ3) is 6.23. The molecule has 0 rings (SSSR count). The van der Waals surface area contributed by atoms with E-state index in [2.05, 4.69) is 15.6 Å². The zero-order valence-corrected chi connectivity index (χ0v) is 10.4. The Labute approximate surface area is 95.6 Å². The third-order valence-corrected chi connectivity index (χ3v) is 1.62. The van der Waals surface area contributed by atoms with E-state index in [-0.39, 0.29) is 0 Å². The Hall–Kier alpha value is -1.30. The normalized spacial score (nSPS) is 12.8. The van der Waals surface area contributed by atoms with Crippen molar-refractivity contribution in [2.45, 2.75) is 45.8 Å². The number of carbonyl (C=O) groups excluding carboxylic acids is 2. The Morgan fingerprint density at radius 3 is 2.25 bits per heavy atom. The van der Waals surface area contributed by atoms with Crippen LogP contribution in [-0.2, 0) is 14.4 Å². The lowest BCUT2D eigenvalue weighted by Crippen LogP contribution is -2.47. The van der Waals surface area contributed by atoms with E-state index in [4.69, 9.17) is 4.74 Å². The van der Waals surface area contributed by atoms with Crippen LogP contribution in [0.3, 0.4) is 0 Å². The van der Waals surface area contributed by atoms with Crippen LogP contribution in [0.1, 0.15) is 34.1 Å². The number of ether oxygens (including phenoxy) is 1. The molecule has 0 saturated heterocycles. The predicted molar refractivity (Wildman–Crippen MR) is 58.6 cm³/mol. The number of carbonyl (C=O) groups is 2. The van der Waals surface area contributed by atoms with Gasteiger partial charge in [0, 0.05) is 0 Å². The minimum atomic E-state index is -0.658. The van der Waals surface area contributed by atoms with Crippen molar-refractivity contribution in [1.82, 2.24) is 10.8 Å². The summed E-state index contributed by atoms with van der Waals surface area (Å²) in [5, 5.41) is 2.45. The topological polar surface area (TPSA) is 76.7 Å². The predicted octanol–water partition coefficient (Wildman–Crippen LogP) is 0.967. The van der Waals surface area contributed by atoms with Gasteiger partial charge in [0.25, 0.3) is 5.91 Å². The summed E-state index contributed by atoms with van der Waals surface area (Å²) >= 11 is 0. The Morgan fingerprint density at radius 1 is 1.31 bits per heavy atom. The first kappa shape index (κ1) is 14.7. The first-order valence-corrected chi connectivity index (χ1v) is 5.12. The second-order valence-electron chi connectivity index (χ2n) is 4.28. The number of amides is 2. The number of rotatable bonds is 4. The van der Waals surface area contributed by atoms with Gasteiger partial charge in [-0.05, 0) is 27.2 Å². The van der Waals surface area contributed by atoms with Crippen LogP contribution >= 0.6 is 0 Å². The van der Waals surface area contributed by atoms with Crippen LogP contribution in [0, 0.1) is 0 Å². The minimum Gasteiger partial charge on any atom is -0.444 e. The summed E-state index contributed by atoms with van der Waals surface area (Å²) < 4.78 is 5.03. The van der Waals surface area contributed by atoms with Gasteiger partial charge in [0.2, 0.25) is 0 Å². The van der Waals surface area contributed by atoms with Gasteiger partial charge in [-0.2, -0.15) is 0 Å². The van der Waals surface area contributed by atoms with Crippen molar-refractivity contribution in [3.05, 3.63) is 0 Å². The largest absolute Gasteiger partial charge is 0.444 e. The molecule has 0 spiro atoms. The first-order valence-electron chi connectivity index (χ1n) is 5.12. The molecule has 6 heteroatoms. The lowest BCUT2D eigenvalue weighted by Gasteiger charge is -2.22. The summed E-state index contributed by atoms with van der Waals surface area (Å²) in [7, 11) is 1.33. The molecule has 0 heterocycles. The Balaban J connectivity index is 4.22. The average molecular weight is 232 g/mol. The Morgan fingerprint density at radius 2 is 1.88 bits per heavy atom. The standard InChI is InChI=1S/C10H20N2O4/c1-6-7(8(13)12-15-5)11-9(14)16-10(2,3)4/h7H,6H2,1-5H3,(H,11,14)(H,12,13). The van der Waals surface area contributed by atoms with E-state index in [9.17, 15) is 9.59 Å². The van der Waals surface area contributed by atoms with Gasteiger partial charge in [-0.25, -0.2) is 10.3 Å². The number of hydrogen-bond donors (Lipinski definition) is 2. The van der Waals surface area contributed by atoms with Crippen molar-refractivity contribution in [3.63, 3.8) is 0 Å². The molecular weight excluding hydrogens is 212 g/mol. The highest BCUT2D eigenvalue weighted by molar-refractivity contribution is 5.84. The highest BCUT2D eigenvalue weighted by Gasteiger charge is 2.22. The summed E-state index contributed by atoms with van der Waals surface area (Å²) in [6, 6.07) is -0.658. The molecule has 0 aliphatic rings. The van der Waals surface area contributed by atoms with Crippen molar-refractivity contribution in [3.8, 4) is 0 Å². The van der Waals surface area contributed by atoms with Crippen LogP contribution in [-0.4, -0.2) is 30.8 Å². The zero-order valence-electron chi connectivity index (χ0n) is 10.4. The molecule has 0 aromatic carbocycles. The highest BCUT2D eigenvalue weighted by atomic mass is 16.6. The molecule has 0 fully saturated rings. The number of hydrogen-bond acceptors (Lipinski definition) is 4. The molecule has 2 N–H and O–H groups in total. The van der Waals surface area contributed by atoms with Crippen LogP contribution in [0.15, 0.2) is 0 Å². The van der Waals surface area contributed by atoms with Gasteiger partial charge >= 0.3 is 6.09 Å². The minimum absolute atomic E-state index is 0.407. The summed E-state index contributed by atoms with van der Waals surface area (Å²) in [5.74, 6) is -0.407. The Bertz CT molecular complexity index is 248. The van der Waals surface area contributed by atoms with Gasteiger partial charge in [0.05, 0.1) is 7.11 Å². The van der Waals surface area contributed by atoms with Crippen LogP contribution < -0.4 is 10.8 Å². The van der Waals surface area contributed by atoms with Crippen LogP contribution in [0.5, 0.6) is 0 Å². The smallest absolute Gasteiger partial charge is 0.408 e. The SMILES string of the molecule is CCC(NC(=O)OC(C)(C)C)C(=O)NOC. The van der Waals surface area contributed by atoms with E-state index in [1.54, 1.807) is 27.7 Å². The number of hydroxylamine groups is 1. The van der Waals surface area contributed by atoms with Gasteiger partial charge in [0.1, 0.15) is 11.6 Å². The fourth-order valence-corrected chi connectivity index (χ4v) is 0.975. The van der Waals surface area contributed by atoms with Gasteiger partial charge in [-0.1, -0.05) is 6.92 Å². The maximum atomic E-state index is 11.4. The van der Waals surface area contributed by atoms with Crippen molar-refractivity contribution in [2.75, 3.05) is 7.11 Å². The molecule has 0 bridgehead atoms. The maximum Gasteiger partial charge on any atom is 0.408 e. The number of alkyl carbamates (subject to hydrolysis) is 1.